The van der Waals surface area contributed by atoms with Crippen LogP contribution in [0.15, 0.2) is 0 Å². The highest BCUT2D eigenvalue weighted by Crippen LogP contribution is 2.34. The van der Waals surface area contributed by atoms with Gasteiger partial charge in [0.25, 0.3) is 0 Å². The Morgan fingerprint density at radius 2 is 1.71 bits per heavy atom. The van der Waals surface area contributed by atoms with E-state index in [9.17, 15) is 0 Å². The Labute approximate surface area is 127 Å². The third-order valence-corrected chi connectivity index (χ3v) is 5.03. The maximum Gasteiger partial charge on any atom is 0.147 e. The molecule has 2 N–H and O–H groups in total. The zero-order chi connectivity index (χ0) is 14.7. The minimum absolute atomic E-state index is 0.370. The number of hydrogen-bond acceptors (Lipinski definition) is 4. The molecule has 2 fully saturated rings. The van der Waals surface area contributed by atoms with Gasteiger partial charge in [-0.25, -0.2) is 0 Å². The average molecular weight is 291 g/mol. The van der Waals surface area contributed by atoms with E-state index in [1.54, 1.807) is 0 Å². The Balaban J connectivity index is 1.66. The first kappa shape index (κ1) is 15.0. The first-order valence-corrected chi connectivity index (χ1v) is 8.68. The van der Waals surface area contributed by atoms with Gasteiger partial charge in [-0.15, -0.1) is 10.2 Å². The van der Waals surface area contributed by atoms with Gasteiger partial charge in [0, 0.05) is 18.5 Å². The van der Waals surface area contributed by atoms with E-state index in [0.717, 1.165) is 31.8 Å². The minimum Gasteiger partial charge on any atom is -0.328 e. The van der Waals surface area contributed by atoms with E-state index in [0.29, 0.717) is 12.0 Å². The summed E-state index contributed by atoms with van der Waals surface area (Å²) in [5.74, 6) is 2.85. The highest BCUT2D eigenvalue weighted by molar-refractivity contribution is 5.08. The van der Waals surface area contributed by atoms with Gasteiger partial charge in [-0.05, 0) is 45.7 Å². The van der Waals surface area contributed by atoms with E-state index in [-0.39, 0.29) is 0 Å². The molecule has 2 aliphatic rings. The molecule has 2 heterocycles. The predicted octanol–water partition coefficient (Wildman–Crippen LogP) is 2.27. The van der Waals surface area contributed by atoms with Gasteiger partial charge in [-0.3, -0.25) is 4.90 Å². The van der Waals surface area contributed by atoms with Crippen molar-refractivity contribution in [1.82, 2.24) is 19.7 Å². The molecule has 1 saturated heterocycles. The fraction of sp³-hybridized carbons (Fsp3) is 0.875. The maximum atomic E-state index is 5.92. The summed E-state index contributed by atoms with van der Waals surface area (Å²) in [5.41, 5.74) is 5.92. The zero-order valence-corrected chi connectivity index (χ0v) is 13.3. The van der Waals surface area contributed by atoms with Crippen molar-refractivity contribution < 1.29 is 0 Å². The van der Waals surface area contributed by atoms with Gasteiger partial charge in [-0.2, -0.15) is 0 Å². The normalized spacial score (nSPS) is 27.9. The van der Waals surface area contributed by atoms with Crippen LogP contribution in [-0.4, -0.2) is 38.8 Å². The van der Waals surface area contributed by atoms with Crippen LogP contribution in [0.3, 0.4) is 0 Å². The fourth-order valence-corrected chi connectivity index (χ4v) is 3.66. The van der Waals surface area contributed by atoms with Crippen LogP contribution in [0.25, 0.3) is 0 Å². The second-order valence-corrected chi connectivity index (χ2v) is 6.69. The summed E-state index contributed by atoms with van der Waals surface area (Å²) >= 11 is 0. The molecule has 1 aliphatic heterocycles. The molecule has 0 spiro atoms. The lowest BCUT2D eigenvalue weighted by atomic mass is 9.80. The van der Waals surface area contributed by atoms with Crippen molar-refractivity contribution in [2.24, 2.45) is 5.73 Å². The molecule has 0 unspecified atom stereocenters. The molecule has 0 aromatic carbocycles. The number of hydrogen-bond donors (Lipinski definition) is 1. The molecule has 1 saturated carbocycles. The van der Waals surface area contributed by atoms with Gasteiger partial charge < -0.3 is 10.3 Å². The van der Waals surface area contributed by atoms with Crippen LogP contribution >= 0.6 is 0 Å². The highest BCUT2D eigenvalue weighted by Gasteiger charge is 2.32. The first-order chi connectivity index (χ1) is 10.3. The molecule has 118 valence electrons. The van der Waals surface area contributed by atoms with Crippen molar-refractivity contribution in [1.29, 1.82) is 0 Å². The topological polar surface area (TPSA) is 60.0 Å². The number of rotatable bonds is 4. The summed E-state index contributed by atoms with van der Waals surface area (Å²) in [6, 6.07) is 0.370. The summed E-state index contributed by atoms with van der Waals surface area (Å²) in [6.07, 6.45) is 8.95. The maximum absolute atomic E-state index is 5.92. The van der Waals surface area contributed by atoms with Crippen molar-refractivity contribution >= 4 is 0 Å². The molecule has 1 aliphatic carbocycles. The Morgan fingerprint density at radius 3 is 2.33 bits per heavy atom. The van der Waals surface area contributed by atoms with E-state index < -0.39 is 0 Å². The van der Waals surface area contributed by atoms with Gasteiger partial charge in [0.15, 0.2) is 0 Å². The molecule has 0 bridgehead atoms. The van der Waals surface area contributed by atoms with Crippen LogP contribution < -0.4 is 5.73 Å². The SMILES string of the molecule is CCn1c(CN2CCCCCCC2)nnc1C1CC(N)C1. The summed E-state index contributed by atoms with van der Waals surface area (Å²) in [5, 5.41) is 8.98. The number of likely N-dealkylation sites (tertiary alicyclic amines) is 1. The van der Waals surface area contributed by atoms with Crippen LogP contribution in [0.2, 0.25) is 0 Å². The summed E-state index contributed by atoms with van der Waals surface area (Å²) in [6.45, 7) is 6.54. The van der Waals surface area contributed by atoms with E-state index in [2.05, 4.69) is 26.6 Å². The number of nitrogens with two attached hydrogens (primary N) is 1. The molecular weight excluding hydrogens is 262 g/mol. The van der Waals surface area contributed by atoms with Crippen molar-refractivity contribution in [3.05, 3.63) is 11.6 Å². The molecule has 0 atom stereocenters. The molecule has 3 rings (SSSR count). The summed E-state index contributed by atoms with van der Waals surface area (Å²) < 4.78 is 2.33. The molecule has 5 heteroatoms. The molecule has 1 aromatic rings. The van der Waals surface area contributed by atoms with Crippen molar-refractivity contribution in [3.8, 4) is 0 Å². The van der Waals surface area contributed by atoms with Gasteiger partial charge in [0.1, 0.15) is 11.6 Å². The van der Waals surface area contributed by atoms with Crippen molar-refractivity contribution in [2.45, 2.75) is 76.9 Å². The molecule has 5 nitrogen and oxygen atoms in total. The van der Waals surface area contributed by atoms with E-state index >= 15 is 0 Å². The van der Waals surface area contributed by atoms with Gasteiger partial charge >= 0.3 is 0 Å². The molecule has 0 amide bonds. The summed E-state index contributed by atoms with van der Waals surface area (Å²) in [4.78, 5) is 2.56. The standard InChI is InChI=1S/C16H29N5/c1-2-21-15(12-20-8-6-4-3-5-7-9-20)18-19-16(21)13-10-14(17)11-13/h13-14H,2-12,17H2,1H3. The monoisotopic (exact) mass is 291 g/mol. The van der Waals surface area contributed by atoms with E-state index in [1.807, 2.05) is 0 Å². The molecule has 0 radical (unpaired) electrons. The largest absolute Gasteiger partial charge is 0.328 e. The van der Waals surface area contributed by atoms with Crippen LogP contribution in [0, 0.1) is 0 Å². The smallest absolute Gasteiger partial charge is 0.147 e. The van der Waals surface area contributed by atoms with Crippen LogP contribution in [0.5, 0.6) is 0 Å². The quantitative estimate of drug-likeness (QED) is 0.924. The third kappa shape index (κ3) is 3.46. The van der Waals surface area contributed by atoms with Crippen LogP contribution in [0.4, 0.5) is 0 Å². The number of nitrogens with zero attached hydrogens (tertiary/aromatic N) is 4. The second kappa shape index (κ2) is 6.88. The molecule has 1 aromatic heterocycles. The van der Waals surface area contributed by atoms with Gasteiger partial charge in [0.2, 0.25) is 0 Å². The van der Waals surface area contributed by atoms with E-state index in [4.69, 9.17) is 5.73 Å². The Kier molecular flexibility index (Phi) is 4.91. The molecular formula is C16H29N5. The first-order valence-electron chi connectivity index (χ1n) is 8.68. The zero-order valence-electron chi connectivity index (χ0n) is 13.3. The lowest BCUT2D eigenvalue weighted by Crippen LogP contribution is -2.36. The number of aromatic nitrogens is 3. The second-order valence-electron chi connectivity index (χ2n) is 6.69. The Hall–Kier alpha value is -0.940. The predicted molar refractivity (Wildman–Crippen MR) is 84.0 cm³/mol. The Morgan fingerprint density at radius 1 is 1.05 bits per heavy atom. The van der Waals surface area contributed by atoms with E-state index in [1.165, 1.54) is 51.0 Å². The highest BCUT2D eigenvalue weighted by atomic mass is 15.3. The van der Waals surface area contributed by atoms with Crippen LogP contribution in [-0.2, 0) is 13.1 Å². The van der Waals surface area contributed by atoms with Crippen LogP contribution in [0.1, 0.15) is 69.4 Å². The van der Waals surface area contributed by atoms with Crippen molar-refractivity contribution in [2.75, 3.05) is 13.1 Å². The fourth-order valence-electron chi connectivity index (χ4n) is 3.66. The molecule has 21 heavy (non-hydrogen) atoms. The van der Waals surface area contributed by atoms with Crippen molar-refractivity contribution in [3.63, 3.8) is 0 Å². The third-order valence-electron chi connectivity index (χ3n) is 5.03. The minimum atomic E-state index is 0.370. The Bertz CT molecular complexity index is 442. The lowest BCUT2D eigenvalue weighted by Gasteiger charge is -2.32. The van der Waals surface area contributed by atoms with Gasteiger partial charge in [0.05, 0.1) is 6.54 Å². The lowest BCUT2D eigenvalue weighted by molar-refractivity contribution is 0.230. The summed E-state index contributed by atoms with van der Waals surface area (Å²) in [7, 11) is 0. The average Bonchev–Trinajstić information content (AvgIpc) is 2.80. The van der Waals surface area contributed by atoms with Gasteiger partial charge in [-0.1, -0.05) is 19.3 Å².